The highest BCUT2D eigenvalue weighted by Crippen LogP contribution is 2.19. The molecule has 0 bridgehead atoms. The number of carbonyl (C=O) groups excluding carboxylic acids is 2. The zero-order valence-electron chi connectivity index (χ0n) is 14.2. The standard InChI is InChI=1S/C20H16N4O2S/c25-18(11-14-12-22-17-4-2-1-3-16(14)17)23-15-7-5-13(6-8-15)19(26)24-20-21-9-10-27-20/h1-10,12,22H,11H2,(H,23,25)(H,21,24,26). The maximum atomic E-state index is 12.3. The van der Waals surface area contributed by atoms with Crippen LogP contribution in [0.15, 0.2) is 66.3 Å². The van der Waals surface area contributed by atoms with Crippen molar-refractivity contribution in [1.29, 1.82) is 0 Å². The Labute approximate surface area is 159 Å². The molecule has 0 saturated carbocycles. The lowest BCUT2D eigenvalue weighted by Crippen LogP contribution is -2.15. The van der Waals surface area contributed by atoms with Crippen LogP contribution >= 0.6 is 11.3 Å². The van der Waals surface area contributed by atoms with Gasteiger partial charge in [-0.1, -0.05) is 18.2 Å². The van der Waals surface area contributed by atoms with Crippen molar-refractivity contribution in [2.75, 3.05) is 10.6 Å². The number of nitrogens with zero attached hydrogens (tertiary/aromatic N) is 1. The molecular weight excluding hydrogens is 360 g/mol. The van der Waals surface area contributed by atoms with Crippen LogP contribution in [0.4, 0.5) is 10.8 Å². The Morgan fingerprint density at radius 1 is 1.04 bits per heavy atom. The molecule has 3 N–H and O–H groups in total. The van der Waals surface area contributed by atoms with Gasteiger partial charge in [-0.25, -0.2) is 4.98 Å². The van der Waals surface area contributed by atoms with Crippen molar-refractivity contribution in [1.82, 2.24) is 9.97 Å². The minimum Gasteiger partial charge on any atom is -0.361 e. The molecule has 0 atom stereocenters. The first-order valence-corrected chi connectivity index (χ1v) is 9.23. The summed E-state index contributed by atoms with van der Waals surface area (Å²) >= 11 is 1.36. The van der Waals surface area contributed by atoms with Gasteiger partial charge in [-0.3, -0.25) is 14.9 Å². The Kier molecular flexibility index (Phi) is 4.67. The number of hydrogen-bond acceptors (Lipinski definition) is 4. The summed E-state index contributed by atoms with van der Waals surface area (Å²) in [6, 6.07) is 14.6. The van der Waals surface area contributed by atoms with Gasteiger partial charge in [0.05, 0.1) is 6.42 Å². The molecule has 2 amide bonds. The normalized spacial score (nSPS) is 10.7. The van der Waals surface area contributed by atoms with Gasteiger partial charge in [-0.15, -0.1) is 11.3 Å². The molecule has 2 heterocycles. The number of anilines is 2. The number of benzene rings is 2. The van der Waals surface area contributed by atoms with Crippen LogP contribution < -0.4 is 10.6 Å². The fraction of sp³-hybridized carbons (Fsp3) is 0.0500. The van der Waals surface area contributed by atoms with Gasteiger partial charge in [0.2, 0.25) is 5.91 Å². The number of amides is 2. The Balaban J connectivity index is 1.39. The van der Waals surface area contributed by atoms with E-state index in [4.69, 9.17) is 0 Å². The van der Waals surface area contributed by atoms with Gasteiger partial charge in [0.1, 0.15) is 0 Å². The van der Waals surface area contributed by atoms with Crippen LogP contribution in [0.1, 0.15) is 15.9 Å². The molecule has 0 fully saturated rings. The fourth-order valence-electron chi connectivity index (χ4n) is 2.82. The number of rotatable bonds is 5. The topological polar surface area (TPSA) is 86.9 Å². The van der Waals surface area contributed by atoms with Crippen molar-refractivity contribution < 1.29 is 9.59 Å². The number of carbonyl (C=O) groups is 2. The van der Waals surface area contributed by atoms with Crippen LogP contribution in [0.2, 0.25) is 0 Å². The average Bonchev–Trinajstić information content (AvgIpc) is 3.33. The van der Waals surface area contributed by atoms with E-state index in [2.05, 4.69) is 20.6 Å². The van der Waals surface area contributed by atoms with Crippen LogP contribution in [-0.2, 0) is 11.2 Å². The molecule has 0 aliphatic heterocycles. The molecule has 4 aromatic rings. The van der Waals surface area contributed by atoms with Crippen molar-refractivity contribution >= 4 is 44.9 Å². The molecule has 0 saturated heterocycles. The van der Waals surface area contributed by atoms with E-state index in [1.54, 1.807) is 35.8 Å². The van der Waals surface area contributed by atoms with Crippen molar-refractivity contribution in [2.45, 2.75) is 6.42 Å². The van der Waals surface area contributed by atoms with E-state index in [9.17, 15) is 9.59 Å². The largest absolute Gasteiger partial charge is 0.361 e. The van der Waals surface area contributed by atoms with E-state index in [-0.39, 0.29) is 18.2 Å². The molecule has 0 aliphatic rings. The first-order valence-electron chi connectivity index (χ1n) is 8.35. The highest BCUT2D eigenvalue weighted by Gasteiger charge is 2.10. The lowest BCUT2D eigenvalue weighted by Gasteiger charge is -2.06. The van der Waals surface area contributed by atoms with E-state index in [0.29, 0.717) is 16.4 Å². The summed E-state index contributed by atoms with van der Waals surface area (Å²) in [5, 5.41) is 8.97. The van der Waals surface area contributed by atoms with Crippen molar-refractivity contribution in [3.05, 3.63) is 77.4 Å². The van der Waals surface area contributed by atoms with Gasteiger partial charge in [0.15, 0.2) is 5.13 Å². The van der Waals surface area contributed by atoms with E-state index < -0.39 is 0 Å². The highest BCUT2D eigenvalue weighted by atomic mass is 32.1. The van der Waals surface area contributed by atoms with Gasteiger partial charge in [0.25, 0.3) is 5.91 Å². The van der Waals surface area contributed by atoms with Gasteiger partial charge in [-0.05, 0) is 35.9 Å². The molecule has 0 radical (unpaired) electrons. The first kappa shape index (κ1) is 17.0. The summed E-state index contributed by atoms with van der Waals surface area (Å²) in [4.78, 5) is 31.7. The maximum Gasteiger partial charge on any atom is 0.257 e. The molecule has 27 heavy (non-hydrogen) atoms. The van der Waals surface area contributed by atoms with Crippen LogP contribution in [0.5, 0.6) is 0 Å². The Morgan fingerprint density at radius 3 is 2.63 bits per heavy atom. The van der Waals surface area contributed by atoms with Gasteiger partial charge in [-0.2, -0.15) is 0 Å². The molecule has 0 spiro atoms. The second kappa shape index (κ2) is 7.43. The summed E-state index contributed by atoms with van der Waals surface area (Å²) in [6.45, 7) is 0. The van der Waals surface area contributed by atoms with Crippen molar-refractivity contribution in [3.63, 3.8) is 0 Å². The Bertz CT molecular complexity index is 1080. The summed E-state index contributed by atoms with van der Waals surface area (Å²) in [5.41, 5.74) is 3.10. The monoisotopic (exact) mass is 376 g/mol. The highest BCUT2D eigenvalue weighted by molar-refractivity contribution is 7.13. The lowest BCUT2D eigenvalue weighted by atomic mass is 10.1. The van der Waals surface area contributed by atoms with Crippen LogP contribution in [0, 0.1) is 0 Å². The third-order valence-electron chi connectivity index (χ3n) is 4.11. The van der Waals surface area contributed by atoms with E-state index in [0.717, 1.165) is 16.5 Å². The summed E-state index contributed by atoms with van der Waals surface area (Å²) in [5.74, 6) is -0.346. The lowest BCUT2D eigenvalue weighted by molar-refractivity contribution is -0.115. The number of fused-ring (bicyclic) bond motifs is 1. The maximum absolute atomic E-state index is 12.3. The zero-order valence-corrected chi connectivity index (χ0v) is 15.0. The Morgan fingerprint density at radius 2 is 1.85 bits per heavy atom. The van der Waals surface area contributed by atoms with Crippen molar-refractivity contribution in [3.8, 4) is 0 Å². The van der Waals surface area contributed by atoms with Crippen LogP contribution in [0.3, 0.4) is 0 Å². The molecule has 0 unspecified atom stereocenters. The molecule has 0 aliphatic carbocycles. The molecule has 2 aromatic carbocycles. The number of para-hydroxylation sites is 1. The molecular formula is C20H16N4O2S. The molecule has 7 heteroatoms. The minimum absolute atomic E-state index is 0.111. The quantitative estimate of drug-likeness (QED) is 0.491. The predicted octanol–water partition coefficient (Wildman–Crippen LogP) is 4.06. The average molecular weight is 376 g/mol. The molecule has 2 aromatic heterocycles. The number of H-pyrrole nitrogens is 1. The second-order valence-electron chi connectivity index (χ2n) is 5.95. The van der Waals surface area contributed by atoms with Crippen LogP contribution in [0.25, 0.3) is 10.9 Å². The van der Waals surface area contributed by atoms with Crippen molar-refractivity contribution in [2.24, 2.45) is 0 Å². The van der Waals surface area contributed by atoms with E-state index >= 15 is 0 Å². The number of thiazole rings is 1. The van der Waals surface area contributed by atoms with Gasteiger partial charge >= 0.3 is 0 Å². The van der Waals surface area contributed by atoms with Crippen LogP contribution in [-0.4, -0.2) is 21.8 Å². The number of aromatic nitrogens is 2. The SMILES string of the molecule is O=C(Cc1c[nH]c2ccccc12)Nc1ccc(C(=O)Nc2nccs2)cc1. The van der Waals surface area contributed by atoms with Gasteiger partial charge in [0, 0.05) is 39.9 Å². The fourth-order valence-corrected chi connectivity index (χ4v) is 3.34. The number of aromatic amines is 1. The van der Waals surface area contributed by atoms with E-state index in [1.165, 1.54) is 11.3 Å². The second-order valence-corrected chi connectivity index (χ2v) is 6.85. The third-order valence-corrected chi connectivity index (χ3v) is 4.80. The summed E-state index contributed by atoms with van der Waals surface area (Å²) in [6.07, 6.45) is 3.76. The smallest absolute Gasteiger partial charge is 0.257 e. The summed E-state index contributed by atoms with van der Waals surface area (Å²) < 4.78 is 0. The Hall–Kier alpha value is -3.45. The minimum atomic E-state index is -0.235. The first-order chi connectivity index (χ1) is 13.2. The molecule has 134 valence electrons. The predicted molar refractivity (Wildman–Crippen MR) is 107 cm³/mol. The summed E-state index contributed by atoms with van der Waals surface area (Å²) in [7, 11) is 0. The third kappa shape index (κ3) is 3.88. The van der Waals surface area contributed by atoms with E-state index in [1.807, 2.05) is 30.5 Å². The van der Waals surface area contributed by atoms with Gasteiger partial charge < -0.3 is 10.3 Å². The number of hydrogen-bond donors (Lipinski definition) is 3. The zero-order chi connectivity index (χ0) is 18.6. The number of nitrogens with one attached hydrogen (secondary N) is 3. The molecule has 4 rings (SSSR count). The molecule has 6 nitrogen and oxygen atoms in total.